The molecule has 3 nitrogen and oxygen atoms in total. The minimum atomic E-state index is -0.167. The van der Waals surface area contributed by atoms with Crippen molar-refractivity contribution in [3.8, 4) is 0 Å². The summed E-state index contributed by atoms with van der Waals surface area (Å²) in [5, 5.41) is 6.32. The fourth-order valence-corrected chi connectivity index (χ4v) is 2.82. The predicted octanol–water partition coefficient (Wildman–Crippen LogP) is 3.46. The van der Waals surface area contributed by atoms with Crippen molar-refractivity contribution in [2.45, 2.75) is 38.8 Å². The maximum atomic E-state index is 12.4. The Bertz CT molecular complexity index is 661. The summed E-state index contributed by atoms with van der Waals surface area (Å²) in [5.41, 5.74) is 4.68. The summed E-state index contributed by atoms with van der Waals surface area (Å²) in [7, 11) is 0. The van der Waals surface area contributed by atoms with Gasteiger partial charge in [0, 0.05) is 12.2 Å². The number of carbonyl (C=O) groups is 1. The lowest BCUT2D eigenvalue weighted by atomic mass is 9.95. The molecule has 0 spiro atoms. The first kappa shape index (κ1) is 14.8. The first-order valence-corrected chi connectivity index (χ1v) is 7.84. The van der Waals surface area contributed by atoms with Crippen LogP contribution in [-0.2, 0) is 17.8 Å². The van der Waals surface area contributed by atoms with Crippen LogP contribution in [0.2, 0.25) is 0 Å². The fraction of sp³-hybridized carbons (Fsp3) is 0.316. The highest BCUT2D eigenvalue weighted by Gasteiger charge is 2.23. The van der Waals surface area contributed by atoms with Gasteiger partial charge >= 0.3 is 0 Å². The first-order valence-electron chi connectivity index (χ1n) is 7.84. The molecular formula is C19H22N2O. The molecule has 1 aliphatic rings. The van der Waals surface area contributed by atoms with Crippen molar-refractivity contribution in [3.05, 3.63) is 65.2 Å². The molecule has 2 N–H and O–H groups in total. The van der Waals surface area contributed by atoms with Gasteiger partial charge in [-0.15, -0.1) is 0 Å². The molecule has 3 heteroatoms. The van der Waals surface area contributed by atoms with Crippen LogP contribution < -0.4 is 10.6 Å². The van der Waals surface area contributed by atoms with Crippen molar-refractivity contribution in [3.63, 3.8) is 0 Å². The van der Waals surface area contributed by atoms with Crippen LogP contribution in [0.4, 0.5) is 5.69 Å². The van der Waals surface area contributed by atoms with Gasteiger partial charge in [-0.05, 0) is 41.2 Å². The van der Waals surface area contributed by atoms with Crippen LogP contribution in [0.15, 0.2) is 48.5 Å². The molecule has 0 unspecified atom stereocenters. The van der Waals surface area contributed by atoms with Gasteiger partial charge < -0.3 is 10.6 Å². The highest BCUT2D eigenvalue weighted by Crippen LogP contribution is 2.19. The topological polar surface area (TPSA) is 41.1 Å². The van der Waals surface area contributed by atoms with Gasteiger partial charge in [0.15, 0.2) is 0 Å². The van der Waals surface area contributed by atoms with E-state index in [1.54, 1.807) is 0 Å². The average molecular weight is 294 g/mol. The Labute approximate surface area is 131 Å². The molecule has 2 aromatic rings. The summed E-state index contributed by atoms with van der Waals surface area (Å²) in [6.07, 6.45) is 0.742. The van der Waals surface area contributed by atoms with Crippen molar-refractivity contribution in [1.82, 2.24) is 5.32 Å². The minimum absolute atomic E-state index is 0.0341. The molecule has 1 amide bonds. The number of carbonyl (C=O) groups excluding carboxylic acids is 1. The molecule has 1 heterocycles. The number of fused-ring (bicyclic) bond motifs is 1. The van der Waals surface area contributed by atoms with Gasteiger partial charge in [0.05, 0.1) is 6.04 Å². The number of nitrogens with one attached hydrogen (secondary N) is 2. The van der Waals surface area contributed by atoms with E-state index >= 15 is 0 Å². The third kappa shape index (κ3) is 3.20. The van der Waals surface area contributed by atoms with Gasteiger partial charge in [0.1, 0.15) is 0 Å². The van der Waals surface area contributed by atoms with Crippen molar-refractivity contribution in [2.24, 2.45) is 0 Å². The van der Waals surface area contributed by atoms with Gasteiger partial charge in [-0.25, -0.2) is 0 Å². The van der Waals surface area contributed by atoms with E-state index in [-0.39, 0.29) is 11.9 Å². The molecule has 1 atom stereocenters. The van der Waals surface area contributed by atoms with E-state index < -0.39 is 0 Å². The zero-order valence-electron chi connectivity index (χ0n) is 13.1. The Morgan fingerprint density at radius 2 is 1.77 bits per heavy atom. The van der Waals surface area contributed by atoms with Crippen molar-refractivity contribution >= 4 is 11.6 Å². The molecule has 114 valence electrons. The molecule has 0 aromatic heterocycles. The van der Waals surface area contributed by atoms with Gasteiger partial charge in [0.2, 0.25) is 5.91 Å². The Hall–Kier alpha value is -2.13. The van der Waals surface area contributed by atoms with Gasteiger partial charge in [-0.1, -0.05) is 50.2 Å². The summed E-state index contributed by atoms with van der Waals surface area (Å²) < 4.78 is 0. The third-order valence-electron chi connectivity index (χ3n) is 4.24. The monoisotopic (exact) mass is 294 g/mol. The lowest BCUT2D eigenvalue weighted by Crippen LogP contribution is -2.44. The predicted molar refractivity (Wildman–Crippen MR) is 89.9 cm³/mol. The maximum absolute atomic E-state index is 12.4. The van der Waals surface area contributed by atoms with Crippen LogP contribution in [0.5, 0.6) is 0 Å². The second-order valence-electron chi connectivity index (χ2n) is 6.17. The largest absolute Gasteiger partial charge is 0.325 e. The number of anilines is 1. The Kier molecular flexibility index (Phi) is 4.25. The van der Waals surface area contributed by atoms with E-state index in [2.05, 4.69) is 48.7 Å². The van der Waals surface area contributed by atoms with E-state index in [9.17, 15) is 4.79 Å². The van der Waals surface area contributed by atoms with Crippen LogP contribution in [0.3, 0.4) is 0 Å². The van der Waals surface area contributed by atoms with Crippen LogP contribution in [-0.4, -0.2) is 11.9 Å². The minimum Gasteiger partial charge on any atom is -0.325 e. The number of amides is 1. The number of rotatable bonds is 3. The summed E-state index contributed by atoms with van der Waals surface area (Å²) >= 11 is 0. The quantitative estimate of drug-likeness (QED) is 0.910. The summed E-state index contributed by atoms with van der Waals surface area (Å²) in [5.74, 6) is 0.535. The van der Waals surface area contributed by atoms with E-state index in [0.717, 1.165) is 18.7 Å². The second-order valence-corrected chi connectivity index (χ2v) is 6.17. The van der Waals surface area contributed by atoms with Crippen LogP contribution in [0.1, 0.15) is 36.5 Å². The lowest BCUT2D eigenvalue weighted by Gasteiger charge is -2.25. The molecule has 0 bridgehead atoms. The average Bonchev–Trinajstić information content (AvgIpc) is 2.55. The Morgan fingerprint density at radius 1 is 1.09 bits per heavy atom. The van der Waals surface area contributed by atoms with Gasteiger partial charge in [0.25, 0.3) is 0 Å². The number of benzene rings is 2. The Balaban J connectivity index is 1.65. The first-order chi connectivity index (χ1) is 10.6. The Morgan fingerprint density at radius 3 is 2.45 bits per heavy atom. The maximum Gasteiger partial charge on any atom is 0.241 e. The van der Waals surface area contributed by atoms with E-state index in [1.165, 1.54) is 16.7 Å². The SMILES string of the molecule is CC(C)c1ccc(NC(=O)[C@@H]2Cc3ccccc3CN2)cc1. The van der Waals surface area contributed by atoms with Gasteiger partial charge in [-0.3, -0.25) is 4.79 Å². The zero-order valence-corrected chi connectivity index (χ0v) is 13.1. The van der Waals surface area contributed by atoms with E-state index in [0.29, 0.717) is 5.92 Å². The molecule has 22 heavy (non-hydrogen) atoms. The summed E-state index contributed by atoms with van der Waals surface area (Å²) in [4.78, 5) is 12.4. The third-order valence-corrected chi connectivity index (χ3v) is 4.24. The molecule has 2 aromatic carbocycles. The molecule has 0 fully saturated rings. The molecule has 3 rings (SSSR count). The van der Waals surface area contributed by atoms with Crippen molar-refractivity contribution in [1.29, 1.82) is 0 Å². The highest BCUT2D eigenvalue weighted by atomic mass is 16.2. The number of hydrogen-bond acceptors (Lipinski definition) is 2. The normalized spacial score (nSPS) is 17.1. The van der Waals surface area contributed by atoms with Crippen LogP contribution >= 0.6 is 0 Å². The lowest BCUT2D eigenvalue weighted by molar-refractivity contribution is -0.118. The second kappa shape index (κ2) is 6.32. The smallest absolute Gasteiger partial charge is 0.241 e. The van der Waals surface area contributed by atoms with Crippen molar-refractivity contribution in [2.75, 3.05) is 5.32 Å². The van der Waals surface area contributed by atoms with E-state index in [1.807, 2.05) is 24.3 Å². The van der Waals surface area contributed by atoms with Crippen LogP contribution in [0, 0.1) is 0 Å². The summed E-state index contributed by atoms with van der Waals surface area (Å²) in [6.45, 7) is 5.08. The van der Waals surface area contributed by atoms with Crippen LogP contribution in [0.25, 0.3) is 0 Å². The molecule has 0 saturated heterocycles. The number of hydrogen-bond donors (Lipinski definition) is 2. The van der Waals surface area contributed by atoms with Crippen molar-refractivity contribution < 1.29 is 4.79 Å². The highest BCUT2D eigenvalue weighted by molar-refractivity contribution is 5.95. The molecule has 1 aliphatic heterocycles. The van der Waals surface area contributed by atoms with Gasteiger partial charge in [-0.2, -0.15) is 0 Å². The fourth-order valence-electron chi connectivity index (χ4n) is 2.82. The molecule has 0 radical (unpaired) electrons. The standard InChI is InChI=1S/C19H22N2O/c1-13(2)14-7-9-17(10-8-14)21-19(22)18-11-15-5-3-4-6-16(15)12-20-18/h3-10,13,18,20H,11-12H2,1-2H3,(H,21,22)/t18-/m0/s1. The molecular weight excluding hydrogens is 272 g/mol. The van der Waals surface area contributed by atoms with E-state index in [4.69, 9.17) is 0 Å². The molecule has 0 aliphatic carbocycles. The zero-order chi connectivity index (χ0) is 15.5. The molecule has 0 saturated carbocycles. The summed E-state index contributed by atoms with van der Waals surface area (Å²) in [6, 6.07) is 16.2.